The third kappa shape index (κ3) is 4.77. The molecule has 0 spiro atoms. The number of fused-ring (bicyclic) bond motifs is 2. The van der Waals surface area contributed by atoms with E-state index < -0.39 is 0 Å². The van der Waals surface area contributed by atoms with Crippen LogP contribution in [0.15, 0.2) is 60.9 Å². The van der Waals surface area contributed by atoms with Crippen LogP contribution in [0.2, 0.25) is 0 Å². The van der Waals surface area contributed by atoms with Crippen molar-refractivity contribution in [3.63, 3.8) is 0 Å². The lowest BCUT2D eigenvalue weighted by molar-refractivity contribution is 0.261. The molecule has 0 aliphatic carbocycles. The molecule has 37 heavy (non-hydrogen) atoms. The fourth-order valence-electron chi connectivity index (χ4n) is 4.99. The van der Waals surface area contributed by atoms with Gasteiger partial charge in [-0.25, -0.2) is 0 Å². The van der Waals surface area contributed by atoms with Gasteiger partial charge in [0.1, 0.15) is 18.1 Å². The van der Waals surface area contributed by atoms with E-state index in [1.165, 1.54) is 11.1 Å². The van der Waals surface area contributed by atoms with E-state index >= 15 is 0 Å². The van der Waals surface area contributed by atoms with Gasteiger partial charge in [0.05, 0.1) is 17.4 Å². The maximum absolute atomic E-state index is 5.91. The molecule has 0 bridgehead atoms. The summed E-state index contributed by atoms with van der Waals surface area (Å²) in [6.07, 6.45) is 3.65. The van der Waals surface area contributed by atoms with Gasteiger partial charge in [-0.2, -0.15) is 5.10 Å². The van der Waals surface area contributed by atoms with Crippen LogP contribution in [0.1, 0.15) is 0 Å². The van der Waals surface area contributed by atoms with E-state index in [1.807, 2.05) is 20.3 Å². The zero-order chi connectivity index (χ0) is 25.4. The second-order valence-electron chi connectivity index (χ2n) is 10.1. The highest BCUT2D eigenvalue weighted by atomic mass is 16.5. The van der Waals surface area contributed by atoms with E-state index in [-0.39, 0.29) is 0 Å². The number of nitrogens with zero attached hydrogens (tertiary/aromatic N) is 5. The molecule has 1 saturated heterocycles. The average Bonchev–Trinajstić information content (AvgIpc) is 3.53. The quantitative estimate of drug-likeness (QED) is 0.347. The van der Waals surface area contributed by atoms with Crippen molar-refractivity contribution in [2.75, 3.05) is 65.4 Å². The van der Waals surface area contributed by atoms with Crippen LogP contribution in [0.25, 0.3) is 44.3 Å². The molecule has 0 radical (unpaired) electrons. The number of hydrogen-bond donors (Lipinski definition) is 2. The van der Waals surface area contributed by atoms with Crippen LogP contribution in [0.3, 0.4) is 0 Å². The zero-order valence-corrected chi connectivity index (χ0v) is 21.7. The minimum absolute atomic E-state index is 0.625. The van der Waals surface area contributed by atoms with Crippen LogP contribution >= 0.6 is 0 Å². The number of nitrogens with one attached hydrogen (secondary N) is 2. The highest BCUT2D eigenvalue weighted by molar-refractivity contribution is 6.01. The molecule has 1 fully saturated rings. The minimum Gasteiger partial charge on any atom is -0.491 e. The van der Waals surface area contributed by atoms with Gasteiger partial charge < -0.3 is 24.4 Å². The second-order valence-corrected chi connectivity index (χ2v) is 10.1. The molecule has 3 aromatic heterocycles. The van der Waals surface area contributed by atoms with Crippen molar-refractivity contribution in [3.05, 3.63) is 60.9 Å². The van der Waals surface area contributed by atoms with Gasteiger partial charge in [0, 0.05) is 66.5 Å². The molecule has 0 saturated carbocycles. The molecule has 6 rings (SSSR count). The van der Waals surface area contributed by atoms with Crippen molar-refractivity contribution in [1.82, 2.24) is 30.0 Å². The zero-order valence-electron chi connectivity index (χ0n) is 21.7. The Labute approximate surface area is 216 Å². The lowest BCUT2D eigenvalue weighted by Crippen LogP contribution is -2.44. The van der Waals surface area contributed by atoms with Crippen molar-refractivity contribution < 1.29 is 4.74 Å². The first-order valence-corrected chi connectivity index (χ1v) is 12.8. The molecule has 2 aromatic carbocycles. The molecule has 0 atom stereocenters. The number of aromatic amines is 2. The second kappa shape index (κ2) is 9.88. The summed E-state index contributed by atoms with van der Waals surface area (Å²) in [5.41, 5.74) is 7.45. The number of anilines is 1. The molecule has 8 nitrogen and oxygen atoms in total. The number of ether oxygens (including phenoxy) is 1. The summed E-state index contributed by atoms with van der Waals surface area (Å²) in [5.74, 6) is 0.777. The molecule has 4 heterocycles. The fourth-order valence-corrected chi connectivity index (χ4v) is 4.99. The van der Waals surface area contributed by atoms with Crippen molar-refractivity contribution >= 4 is 27.5 Å². The standard InChI is InChI=1S/C29H33N7O/c1-34(2)13-14-37-22-15-21(18-30-19-22)20-7-8-26-24(16-20)29(33-32-26)27-17-23-25(31-27)5-4-6-28(23)36-11-9-35(3)10-12-36/h4-8,15-19,31H,9-14H2,1-3H3,(H,32,33). The maximum atomic E-state index is 5.91. The highest BCUT2D eigenvalue weighted by Gasteiger charge is 2.19. The van der Waals surface area contributed by atoms with Gasteiger partial charge in [-0.15, -0.1) is 0 Å². The molecule has 190 valence electrons. The van der Waals surface area contributed by atoms with Crippen LogP contribution < -0.4 is 9.64 Å². The number of H-pyrrole nitrogens is 2. The molecule has 5 aromatic rings. The van der Waals surface area contributed by atoms with Crippen molar-refractivity contribution in [2.24, 2.45) is 0 Å². The number of benzene rings is 2. The van der Waals surface area contributed by atoms with Gasteiger partial charge in [0.2, 0.25) is 0 Å². The summed E-state index contributed by atoms with van der Waals surface area (Å²) >= 11 is 0. The summed E-state index contributed by atoms with van der Waals surface area (Å²) in [7, 11) is 6.26. The van der Waals surface area contributed by atoms with Crippen molar-refractivity contribution in [3.8, 4) is 28.3 Å². The normalized spacial score (nSPS) is 14.8. The Morgan fingerprint density at radius 3 is 2.62 bits per heavy atom. The first-order chi connectivity index (χ1) is 18.0. The maximum Gasteiger partial charge on any atom is 0.138 e. The number of rotatable bonds is 7. The largest absolute Gasteiger partial charge is 0.491 e. The molecular formula is C29H33N7O. The third-order valence-corrected chi connectivity index (χ3v) is 7.16. The lowest BCUT2D eigenvalue weighted by Gasteiger charge is -2.34. The predicted molar refractivity (Wildman–Crippen MR) is 150 cm³/mol. The summed E-state index contributed by atoms with van der Waals surface area (Å²) in [4.78, 5) is 15.0. The first kappa shape index (κ1) is 23.5. The summed E-state index contributed by atoms with van der Waals surface area (Å²) in [6, 6.07) is 17.2. The van der Waals surface area contributed by atoms with Crippen molar-refractivity contribution in [2.45, 2.75) is 0 Å². The van der Waals surface area contributed by atoms with Crippen LogP contribution in [-0.2, 0) is 0 Å². The molecular weight excluding hydrogens is 462 g/mol. The fraction of sp³-hybridized carbons (Fsp3) is 0.310. The average molecular weight is 496 g/mol. The van der Waals surface area contributed by atoms with Gasteiger partial charge in [-0.1, -0.05) is 12.1 Å². The summed E-state index contributed by atoms with van der Waals surface area (Å²) < 4.78 is 5.91. The van der Waals surface area contributed by atoms with E-state index in [0.717, 1.165) is 77.4 Å². The van der Waals surface area contributed by atoms with Gasteiger partial charge in [-0.3, -0.25) is 10.1 Å². The van der Waals surface area contributed by atoms with Crippen LogP contribution in [0.5, 0.6) is 5.75 Å². The Morgan fingerprint density at radius 1 is 0.919 bits per heavy atom. The number of hydrogen-bond acceptors (Lipinski definition) is 6. The van der Waals surface area contributed by atoms with Crippen LogP contribution in [-0.4, -0.2) is 90.4 Å². The molecule has 0 unspecified atom stereocenters. The number of likely N-dealkylation sites (N-methyl/N-ethyl adjacent to an activating group) is 2. The molecule has 1 aliphatic rings. The highest BCUT2D eigenvalue weighted by Crippen LogP contribution is 2.35. The minimum atomic E-state index is 0.625. The Morgan fingerprint density at radius 2 is 1.78 bits per heavy atom. The predicted octanol–water partition coefficient (Wildman–Crippen LogP) is 4.47. The third-order valence-electron chi connectivity index (χ3n) is 7.16. The van der Waals surface area contributed by atoms with Gasteiger partial charge in [0.15, 0.2) is 0 Å². The Bertz CT molecular complexity index is 1530. The van der Waals surface area contributed by atoms with E-state index in [4.69, 9.17) is 9.84 Å². The molecule has 8 heteroatoms. The van der Waals surface area contributed by atoms with Crippen LogP contribution in [0.4, 0.5) is 5.69 Å². The van der Waals surface area contributed by atoms with Crippen LogP contribution in [0, 0.1) is 0 Å². The van der Waals surface area contributed by atoms with Gasteiger partial charge in [-0.05, 0) is 63.1 Å². The van der Waals surface area contributed by atoms with E-state index in [9.17, 15) is 0 Å². The first-order valence-electron chi connectivity index (χ1n) is 12.8. The molecule has 1 aliphatic heterocycles. The Balaban J connectivity index is 1.33. The topological polar surface area (TPSA) is 76.3 Å². The molecule has 2 N–H and O–H groups in total. The lowest BCUT2D eigenvalue weighted by atomic mass is 10.0. The van der Waals surface area contributed by atoms with E-state index in [2.05, 4.69) is 85.3 Å². The van der Waals surface area contributed by atoms with E-state index in [0.29, 0.717) is 6.61 Å². The van der Waals surface area contributed by atoms with Gasteiger partial charge >= 0.3 is 0 Å². The van der Waals surface area contributed by atoms with E-state index in [1.54, 1.807) is 6.20 Å². The number of piperazine rings is 1. The number of pyridine rings is 1. The SMILES string of the molecule is CN(C)CCOc1cncc(-c2ccc3[nH]nc(-c4cc5c(N6CCN(C)CC6)cccc5[nH]4)c3c2)c1. The smallest absolute Gasteiger partial charge is 0.138 e. The molecule has 0 amide bonds. The monoisotopic (exact) mass is 495 g/mol. The Kier molecular flexibility index (Phi) is 6.28. The van der Waals surface area contributed by atoms with Crippen molar-refractivity contribution in [1.29, 1.82) is 0 Å². The Hall–Kier alpha value is -3.88. The summed E-state index contributed by atoms with van der Waals surface area (Å²) in [5, 5.41) is 10.2. The number of aromatic nitrogens is 4. The summed E-state index contributed by atoms with van der Waals surface area (Å²) in [6.45, 7) is 5.72. The van der Waals surface area contributed by atoms with Gasteiger partial charge in [0.25, 0.3) is 0 Å².